The number of rotatable bonds is 1. The van der Waals surface area contributed by atoms with Crippen molar-refractivity contribution < 1.29 is 4.74 Å². The van der Waals surface area contributed by atoms with Gasteiger partial charge in [0.25, 0.3) is 0 Å². The average molecular weight is 308 g/mol. The fourth-order valence-corrected chi connectivity index (χ4v) is 5.42. The van der Waals surface area contributed by atoms with Crippen LogP contribution in [0.25, 0.3) is 10.9 Å². The SMILES string of the molecule is C/C=C1\CN2[C@H]3C[C@@H]1C(C)[C@@H]2Cc1c3[nH]c2cc(OC)ccc12. The van der Waals surface area contributed by atoms with Crippen LogP contribution in [0, 0.1) is 11.8 Å². The highest BCUT2D eigenvalue weighted by molar-refractivity contribution is 5.86. The third-order valence-corrected chi connectivity index (χ3v) is 6.65. The molecule has 0 radical (unpaired) electrons. The van der Waals surface area contributed by atoms with E-state index in [1.165, 1.54) is 36.0 Å². The molecule has 5 heterocycles. The van der Waals surface area contributed by atoms with E-state index in [-0.39, 0.29) is 0 Å². The first-order chi connectivity index (χ1) is 11.2. The summed E-state index contributed by atoms with van der Waals surface area (Å²) in [5, 5.41) is 1.40. The van der Waals surface area contributed by atoms with Crippen LogP contribution in [-0.2, 0) is 6.42 Å². The Morgan fingerprint density at radius 1 is 1.35 bits per heavy atom. The number of nitrogens with zero attached hydrogens (tertiary/aromatic N) is 1. The van der Waals surface area contributed by atoms with E-state index < -0.39 is 0 Å². The van der Waals surface area contributed by atoms with E-state index in [0.717, 1.165) is 17.6 Å². The van der Waals surface area contributed by atoms with Gasteiger partial charge in [-0.25, -0.2) is 0 Å². The summed E-state index contributed by atoms with van der Waals surface area (Å²) >= 11 is 0. The number of aromatic amines is 1. The molecule has 0 spiro atoms. The zero-order valence-corrected chi connectivity index (χ0v) is 14.1. The molecule has 6 rings (SSSR count). The van der Waals surface area contributed by atoms with Gasteiger partial charge in [0, 0.05) is 35.2 Å². The number of aromatic nitrogens is 1. The Hall–Kier alpha value is -1.74. The van der Waals surface area contributed by atoms with Crippen molar-refractivity contribution in [2.45, 2.75) is 38.8 Å². The summed E-state index contributed by atoms with van der Waals surface area (Å²) in [6, 6.07) is 7.75. The van der Waals surface area contributed by atoms with E-state index >= 15 is 0 Å². The fraction of sp³-hybridized carbons (Fsp3) is 0.500. The molecule has 2 unspecified atom stereocenters. The molecule has 4 aliphatic rings. The van der Waals surface area contributed by atoms with Gasteiger partial charge in [0.05, 0.1) is 13.2 Å². The Bertz CT molecular complexity index is 818. The van der Waals surface area contributed by atoms with Crippen molar-refractivity contribution in [3.05, 3.63) is 41.1 Å². The highest BCUT2D eigenvalue weighted by atomic mass is 16.5. The van der Waals surface area contributed by atoms with Crippen molar-refractivity contribution >= 4 is 10.9 Å². The van der Waals surface area contributed by atoms with Crippen LogP contribution >= 0.6 is 0 Å². The molecule has 1 aromatic carbocycles. The summed E-state index contributed by atoms with van der Waals surface area (Å²) in [7, 11) is 1.74. The Balaban J connectivity index is 1.66. The molecule has 1 N–H and O–H groups in total. The van der Waals surface area contributed by atoms with E-state index in [2.05, 4.69) is 48.0 Å². The highest BCUT2D eigenvalue weighted by Crippen LogP contribution is 2.53. The van der Waals surface area contributed by atoms with E-state index in [1.807, 2.05) is 0 Å². The van der Waals surface area contributed by atoms with Crippen LogP contribution in [0.15, 0.2) is 29.8 Å². The Morgan fingerprint density at radius 3 is 3.00 bits per heavy atom. The van der Waals surface area contributed by atoms with E-state index in [9.17, 15) is 0 Å². The molecule has 3 fully saturated rings. The van der Waals surface area contributed by atoms with Gasteiger partial charge in [-0.3, -0.25) is 4.90 Å². The third-order valence-electron chi connectivity index (χ3n) is 6.65. The zero-order chi connectivity index (χ0) is 15.7. The van der Waals surface area contributed by atoms with Crippen LogP contribution in [-0.4, -0.2) is 29.6 Å². The van der Waals surface area contributed by atoms with Crippen molar-refractivity contribution in [1.29, 1.82) is 0 Å². The third kappa shape index (κ3) is 1.69. The van der Waals surface area contributed by atoms with Gasteiger partial charge >= 0.3 is 0 Å². The van der Waals surface area contributed by atoms with Gasteiger partial charge in [0.15, 0.2) is 0 Å². The molecule has 2 aromatic rings. The molecular weight excluding hydrogens is 284 g/mol. The lowest BCUT2D eigenvalue weighted by Crippen LogP contribution is -2.59. The molecular formula is C20H24N2O. The Labute approximate surface area is 137 Å². The summed E-state index contributed by atoms with van der Waals surface area (Å²) in [5.74, 6) is 2.47. The first-order valence-corrected chi connectivity index (χ1v) is 8.80. The zero-order valence-electron chi connectivity index (χ0n) is 14.1. The minimum atomic E-state index is 0.576. The van der Waals surface area contributed by atoms with Gasteiger partial charge in [-0.15, -0.1) is 0 Å². The van der Waals surface area contributed by atoms with Gasteiger partial charge < -0.3 is 9.72 Å². The molecule has 5 atom stereocenters. The van der Waals surface area contributed by atoms with Crippen molar-refractivity contribution in [1.82, 2.24) is 9.88 Å². The normalized spacial score (nSPS) is 36.5. The van der Waals surface area contributed by atoms with E-state index in [4.69, 9.17) is 4.74 Å². The molecule has 0 aliphatic carbocycles. The van der Waals surface area contributed by atoms with Crippen LogP contribution in [0.4, 0.5) is 0 Å². The molecule has 1 aromatic heterocycles. The fourth-order valence-electron chi connectivity index (χ4n) is 5.42. The molecule has 4 aliphatic heterocycles. The summed E-state index contributed by atoms with van der Waals surface area (Å²) in [6.45, 7) is 5.84. The minimum Gasteiger partial charge on any atom is -0.497 e. The number of allylic oxidation sites excluding steroid dienone is 1. The Kier molecular flexibility index (Phi) is 2.76. The van der Waals surface area contributed by atoms with Crippen LogP contribution < -0.4 is 4.74 Å². The van der Waals surface area contributed by atoms with Crippen LogP contribution in [0.1, 0.15) is 37.6 Å². The number of ether oxygens (including phenoxy) is 1. The van der Waals surface area contributed by atoms with Crippen molar-refractivity contribution in [2.75, 3.05) is 13.7 Å². The lowest BCUT2D eigenvalue weighted by Gasteiger charge is -2.58. The maximum absolute atomic E-state index is 5.40. The summed E-state index contributed by atoms with van der Waals surface area (Å²) in [5.41, 5.74) is 5.92. The number of H-pyrrole nitrogens is 1. The number of benzene rings is 1. The lowest BCUT2D eigenvalue weighted by atomic mass is 9.64. The summed E-state index contributed by atoms with van der Waals surface area (Å²) < 4.78 is 5.40. The second-order valence-corrected chi connectivity index (χ2v) is 7.45. The smallest absolute Gasteiger partial charge is 0.120 e. The monoisotopic (exact) mass is 308 g/mol. The number of fused-ring (bicyclic) bond motifs is 4. The van der Waals surface area contributed by atoms with Crippen LogP contribution in [0.2, 0.25) is 0 Å². The minimum absolute atomic E-state index is 0.576. The first kappa shape index (κ1) is 13.7. The maximum Gasteiger partial charge on any atom is 0.120 e. The van der Waals surface area contributed by atoms with Crippen LogP contribution in [0.5, 0.6) is 5.75 Å². The molecule has 4 bridgehead atoms. The van der Waals surface area contributed by atoms with Gasteiger partial charge in [-0.05, 0) is 49.3 Å². The van der Waals surface area contributed by atoms with Gasteiger partial charge in [-0.2, -0.15) is 0 Å². The predicted octanol–water partition coefficient (Wildman–Crippen LogP) is 4.06. The molecule has 120 valence electrons. The predicted molar refractivity (Wildman–Crippen MR) is 92.8 cm³/mol. The second-order valence-electron chi connectivity index (χ2n) is 7.45. The molecule has 0 amide bonds. The number of hydrogen-bond donors (Lipinski definition) is 1. The second kappa shape index (κ2) is 4.64. The first-order valence-electron chi connectivity index (χ1n) is 8.80. The Morgan fingerprint density at radius 2 is 2.22 bits per heavy atom. The van der Waals surface area contributed by atoms with Crippen molar-refractivity contribution in [2.24, 2.45) is 11.8 Å². The van der Waals surface area contributed by atoms with E-state index in [0.29, 0.717) is 12.1 Å². The van der Waals surface area contributed by atoms with Crippen LogP contribution in [0.3, 0.4) is 0 Å². The quantitative estimate of drug-likeness (QED) is 0.805. The topological polar surface area (TPSA) is 28.3 Å². The standard InChI is InChI=1S/C20H24N2O/c1-4-12-10-22-18-9-16-14-6-5-13(23-3)7-17(14)21-20(16)19(22)8-15(12)11(18)2/h4-7,11,15,18-19,21H,8-10H2,1-3H3/b12-4+/t11?,15-,18+,19+/m1/s1. The average Bonchev–Trinajstić information content (AvgIpc) is 2.95. The number of nitrogens with one attached hydrogen (secondary N) is 1. The molecule has 3 saturated heterocycles. The maximum atomic E-state index is 5.40. The number of methoxy groups -OCH3 is 1. The summed E-state index contributed by atoms with van der Waals surface area (Å²) in [4.78, 5) is 6.50. The number of piperidine rings is 3. The number of hydrogen-bond acceptors (Lipinski definition) is 2. The molecule has 23 heavy (non-hydrogen) atoms. The van der Waals surface area contributed by atoms with Crippen molar-refractivity contribution in [3.63, 3.8) is 0 Å². The van der Waals surface area contributed by atoms with Gasteiger partial charge in [0.1, 0.15) is 5.75 Å². The lowest BCUT2D eigenvalue weighted by molar-refractivity contribution is -0.0238. The van der Waals surface area contributed by atoms with Gasteiger partial charge in [0.2, 0.25) is 0 Å². The molecule has 3 nitrogen and oxygen atoms in total. The summed E-state index contributed by atoms with van der Waals surface area (Å²) in [6.07, 6.45) is 4.82. The van der Waals surface area contributed by atoms with E-state index in [1.54, 1.807) is 18.2 Å². The van der Waals surface area contributed by atoms with Crippen molar-refractivity contribution in [3.8, 4) is 5.75 Å². The molecule has 0 saturated carbocycles. The molecule has 3 heteroatoms. The highest BCUT2D eigenvalue weighted by Gasteiger charge is 2.51. The van der Waals surface area contributed by atoms with Gasteiger partial charge in [-0.1, -0.05) is 18.6 Å². The largest absolute Gasteiger partial charge is 0.497 e.